The molecule has 0 bridgehead atoms. The van der Waals surface area contributed by atoms with Crippen LogP contribution in [0.4, 0.5) is 0 Å². The molecule has 1 aliphatic heterocycles. The van der Waals surface area contributed by atoms with E-state index in [9.17, 15) is 8.42 Å². The van der Waals surface area contributed by atoms with E-state index in [0.29, 0.717) is 10.9 Å². The predicted molar refractivity (Wildman–Crippen MR) is 125 cm³/mol. The van der Waals surface area contributed by atoms with Crippen LogP contribution >= 0.6 is 0 Å². The Morgan fingerprint density at radius 1 is 1.06 bits per heavy atom. The number of fused-ring (bicyclic) bond motifs is 1. The zero-order valence-electron chi connectivity index (χ0n) is 18.1. The lowest BCUT2D eigenvalue weighted by Gasteiger charge is -2.22. The molecule has 0 atom stereocenters. The molecule has 7 nitrogen and oxygen atoms in total. The zero-order chi connectivity index (χ0) is 22.3. The normalized spacial score (nSPS) is 15.3. The first kappa shape index (κ1) is 20.8. The third kappa shape index (κ3) is 3.91. The highest BCUT2D eigenvalue weighted by atomic mass is 32.2. The molecule has 0 spiro atoms. The number of hydrogen-bond acceptors (Lipinski definition) is 6. The van der Waals surface area contributed by atoms with Crippen LogP contribution in [0.5, 0.6) is 0 Å². The fourth-order valence-electron chi connectivity index (χ4n) is 4.38. The number of para-hydroxylation sites is 1. The van der Waals surface area contributed by atoms with E-state index in [1.54, 1.807) is 12.3 Å². The Labute approximate surface area is 187 Å². The summed E-state index contributed by atoms with van der Waals surface area (Å²) < 4.78 is 26.0. The summed E-state index contributed by atoms with van der Waals surface area (Å²) in [5.41, 5.74) is 5.84. The van der Waals surface area contributed by atoms with Gasteiger partial charge in [-0.15, -0.1) is 0 Å². The highest BCUT2D eigenvalue weighted by molar-refractivity contribution is 7.90. The van der Waals surface area contributed by atoms with Gasteiger partial charge in [0.2, 0.25) is 0 Å². The molecule has 1 N–H and O–H groups in total. The lowest BCUT2D eigenvalue weighted by Crippen LogP contribution is -2.29. The minimum atomic E-state index is -3.27. The number of benzene rings is 2. The Hall–Kier alpha value is -3.10. The average molecular weight is 448 g/mol. The van der Waals surface area contributed by atoms with Crippen molar-refractivity contribution in [1.82, 2.24) is 25.1 Å². The van der Waals surface area contributed by atoms with Gasteiger partial charge in [0.05, 0.1) is 40.1 Å². The number of nitrogens with zero attached hydrogens (tertiary/aromatic N) is 4. The monoisotopic (exact) mass is 447 g/mol. The molecule has 3 heterocycles. The van der Waals surface area contributed by atoms with Gasteiger partial charge in [-0.25, -0.2) is 13.4 Å². The molecule has 8 heteroatoms. The summed E-state index contributed by atoms with van der Waals surface area (Å²) in [6, 6.07) is 11.7. The molecule has 0 radical (unpaired) electrons. The molecule has 2 aromatic heterocycles. The van der Waals surface area contributed by atoms with Gasteiger partial charge in [0, 0.05) is 23.6 Å². The average Bonchev–Trinajstić information content (AvgIpc) is 3.28. The molecule has 0 aliphatic carbocycles. The molecule has 1 fully saturated rings. The van der Waals surface area contributed by atoms with Crippen molar-refractivity contribution in [2.75, 3.05) is 19.3 Å². The second kappa shape index (κ2) is 8.11. The molecule has 0 unspecified atom stereocenters. The van der Waals surface area contributed by atoms with Gasteiger partial charge in [0.25, 0.3) is 0 Å². The molecule has 0 amide bonds. The lowest BCUT2D eigenvalue weighted by atomic mass is 10.0. The predicted octanol–water partition coefficient (Wildman–Crippen LogP) is 3.80. The summed E-state index contributed by atoms with van der Waals surface area (Å²) in [4.78, 5) is 9.92. The van der Waals surface area contributed by atoms with Crippen LogP contribution in [-0.4, -0.2) is 47.5 Å². The minimum absolute atomic E-state index is 0.346. The number of rotatable bonds is 4. The maximum Gasteiger partial charge on any atom is 0.175 e. The van der Waals surface area contributed by atoms with Crippen LogP contribution < -0.4 is 5.32 Å². The molecule has 0 saturated carbocycles. The lowest BCUT2D eigenvalue weighted by molar-refractivity contribution is 0.343. The zero-order valence-corrected chi connectivity index (χ0v) is 18.9. The largest absolute Gasteiger partial charge is 0.317 e. The van der Waals surface area contributed by atoms with Gasteiger partial charge in [-0.1, -0.05) is 24.3 Å². The molecule has 2 aromatic carbocycles. The highest BCUT2D eigenvalue weighted by Crippen LogP contribution is 2.31. The molecular weight excluding hydrogens is 422 g/mol. The number of nitrogens with one attached hydrogen (secondary N) is 1. The van der Waals surface area contributed by atoms with E-state index >= 15 is 0 Å². The number of piperidine rings is 1. The Balaban J connectivity index is 1.56. The number of aryl methyl sites for hydroxylation is 1. The smallest absolute Gasteiger partial charge is 0.175 e. The molecule has 5 rings (SSSR count). The molecular formula is C24H25N5O2S. The standard InChI is InChI=1S/C24H25N5O2S/c1-16-12-17(6-7-23(16)32(2,30)31)20-4-3-5-21-24(20)28-22(14-26-21)18-13-27-29(15-18)19-8-10-25-11-9-19/h3-7,12-15,19,25H,8-11H2,1-2H3. The van der Waals surface area contributed by atoms with Gasteiger partial charge in [0.1, 0.15) is 0 Å². The third-order valence-electron chi connectivity index (χ3n) is 6.04. The van der Waals surface area contributed by atoms with Crippen molar-refractivity contribution in [2.24, 2.45) is 0 Å². The second-order valence-corrected chi connectivity index (χ2v) is 10.4. The summed E-state index contributed by atoms with van der Waals surface area (Å²) in [5, 5.41) is 7.97. The van der Waals surface area contributed by atoms with Gasteiger partial charge in [-0.2, -0.15) is 5.10 Å². The van der Waals surface area contributed by atoms with E-state index in [4.69, 9.17) is 4.98 Å². The maximum absolute atomic E-state index is 12.0. The summed E-state index contributed by atoms with van der Waals surface area (Å²) in [5.74, 6) is 0. The number of aromatic nitrogens is 4. The minimum Gasteiger partial charge on any atom is -0.317 e. The summed E-state index contributed by atoms with van der Waals surface area (Å²) in [6.45, 7) is 3.84. The Bertz CT molecular complexity index is 1410. The van der Waals surface area contributed by atoms with Crippen LogP contribution in [0.2, 0.25) is 0 Å². The van der Waals surface area contributed by atoms with Gasteiger partial charge in [-0.05, 0) is 56.1 Å². The van der Waals surface area contributed by atoms with Crippen LogP contribution in [0.15, 0.2) is 59.9 Å². The van der Waals surface area contributed by atoms with Crippen molar-refractivity contribution < 1.29 is 8.42 Å². The van der Waals surface area contributed by atoms with Crippen LogP contribution in [-0.2, 0) is 9.84 Å². The third-order valence-corrected chi connectivity index (χ3v) is 7.30. The SMILES string of the molecule is Cc1cc(-c2cccc3ncc(-c4cnn(C5CCNCC5)c4)nc23)ccc1S(C)(=O)=O. The first-order chi connectivity index (χ1) is 15.4. The van der Waals surface area contributed by atoms with Crippen molar-refractivity contribution in [2.45, 2.75) is 30.7 Å². The second-order valence-electron chi connectivity index (χ2n) is 8.37. The molecule has 32 heavy (non-hydrogen) atoms. The van der Waals surface area contributed by atoms with E-state index in [1.165, 1.54) is 6.26 Å². The molecule has 1 aliphatic rings. The summed E-state index contributed by atoms with van der Waals surface area (Å²) >= 11 is 0. The quantitative estimate of drug-likeness (QED) is 0.512. The van der Waals surface area contributed by atoms with Crippen LogP contribution in [0.1, 0.15) is 24.4 Å². The van der Waals surface area contributed by atoms with Crippen molar-refractivity contribution >= 4 is 20.9 Å². The van der Waals surface area contributed by atoms with Crippen molar-refractivity contribution in [1.29, 1.82) is 0 Å². The van der Waals surface area contributed by atoms with E-state index < -0.39 is 9.84 Å². The Morgan fingerprint density at radius 2 is 1.88 bits per heavy atom. The van der Waals surface area contributed by atoms with Gasteiger partial charge >= 0.3 is 0 Å². The Kier molecular flexibility index (Phi) is 5.27. The van der Waals surface area contributed by atoms with Crippen molar-refractivity contribution in [3.63, 3.8) is 0 Å². The van der Waals surface area contributed by atoms with Gasteiger partial charge < -0.3 is 5.32 Å². The van der Waals surface area contributed by atoms with Crippen LogP contribution in [0.25, 0.3) is 33.4 Å². The van der Waals surface area contributed by atoms with Crippen LogP contribution in [0.3, 0.4) is 0 Å². The fraction of sp³-hybridized carbons (Fsp3) is 0.292. The summed E-state index contributed by atoms with van der Waals surface area (Å²) in [7, 11) is -3.27. The van der Waals surface area contributed by atoms with Crippen molar-refractivity contribution in [3.05, 3.63) is 60.6 Å². The summed E-state index contributed by atoms with van der Waals surface area (Å²) in [6.07, 6.45) is 9.06. The van der Waals surface area contributed by atoms with Crippen molar-refractivity contribution in [3.8, 4) is 22.4 Å². The number of sulfone groups is 1. The van der Waals surface area contributed by atoms with E-state index in [1.807, 2.05) is 48.1 Å². The van der Waals surface area contributed by atoms with E-state index in [0.717, 1.165) is 64.9 Å². The van der Waals surface area contributed by atoms with Crippen LogP contribution in [0, 0.1) is 6.92 Å². The molecule has 4 aromatic rings. The molecule has 1 saturated heterocycles. The van der Waals surface area contributed by atoms with Gasteiger partial charge in [-0.3, -0.25) is 9.67 Å². The van der Waals surface area contributed by atoms with Gasteiger partial charge in [0.15, 0.2) is 9.84 Å². The topological polar surface area (TPSA) is 89.8 Å². The van der Waals surface area contributed by atoms with E-state index in [-0.39, 0.29) is 0 Å². The van der Waals surface area contributed by atoms with E-state index in [2.05, 4.69) is 21.6 Å². The fourth-order valence-corrected chi connectivity index (χ4v) is 5.34. The maximum atomic E-state index is 12.0. The molecule has 164 valence electrons. The Morgan fingerprint density at radius 3 is 2.62 bits per heavy atom. The highest BCUT2D eigenvalue weighted by Gasteiger charge is 2.17. The first-order valence-corrected chi connectivity index (χ1v) is 12.6. The first-order valence-electron chi connectivity index (χ1n) is 10.7. The number of hydrogen-bond donors (Lipinski definition) is 1.